The molecular formula is C92H92N28O4. The number of carbonyl (C=O) groups is 4. The maximum atomic E-state index is 12.9. The van der Waals surface area contributed by atoms with E-state index in [1.54, 1.807) is 93.1 Å². The van der Waals surface area contributed by atoms with Crippen LogP contribution in [-0.2, 0) is 47.4 Å². The van der Waals surface area contributed by atoms with Crippen LogP contribution in [0.25, 0.3) is 88.1 Å². The largest absolute Gasteiger partial charge is 0.383 e. The Hall–Kier alpha value is -15.2. The van der Waals surface area contributed by atoms with Crippen molar-refractivity contribution in [2.45, 2.75) is 79.1 Å². The second-order valence-corrected chi connectivity index (χ2v) is 32.9. The molecule has 124 heavy (non-hydrogen) atoms. The number of nitrogen functional groups attached to an aromatic ring is 4. The van der Waals surface area contributed by atoms with Gasteiger partial charge in [-0.15, -0.1) is 0 Å². The molecule has 12 atom stereocenters. The predicted octanol–water partition coefficient (Wildman–Crippen LogP) is 13.2. The number of hydrogen-bond acceptors (Lipinski definition) is 24. The minimum atomic E-state index is -0.0854. The highest BCUT2D eigenvalue weighted by atomic mass is 16.2. The van der Waals surface area contributed by atoms with E-state index in [9.17, 15) is 19.2 Å². The van der Waals surface area contributed by atoms with Gasteiger partial charge in [-0.2, -0.15) is 20.4 Å². The summed E-state index contributed by atoms with van der Waals surface area (Å²) in [4.78, 5) is 104. The van der Waals surface area contributed by atoms with E-state index in [2.05, 4.69) is 129 Å². The molecule has 624 valence electrons. The number of aromatic nitrogens is 20. The number of nitrogens with zero attached hydrogens (tertiary/aromatic N) is 20. The Balaban J connectivity index is 0.000000117. The fourth-order valence-electron chi connectivity index (χ4n) is 17.2. The number of rotatable bonds is 16. The van der Waals surface area contributed by atoms with Crippen molar-refractivity contribution in [2.24, 2.45) is 75.5 Å². The van der Waals surface area contributed by atoms with Gasteiger partial charge in [0.1, 0.15) is 46.5 Å². The first-order chi connectivity index (χ1) is 59.7. The van der Waals surface area contributed by atoms with E-state index in [0.29, 0.717) is 46.5 Å². The maximum absolute atomic E-state index is 12.9. The molecule has 4 saturated carbocycles. The van der Waals surface area contributed by atoms with Gasteiger partial charge in [-0.1, -0.05) is 27.7 Å². The van der Waals surface area contributed by atoms with Crippen LogP contribution < -0.4 is 44.2 Å². The van der Waals surface area contributed by atoms with Gasteiger partial charge in [0.15, 0.2) is 0 Å². The van der Waals surface area contributed by atoms with E-state index in [1.807, 2.05) is 178 Å². The number of pyridine rings is 12. The number of amides is 4. The summed E-state index contributed by atoms with van der Waals surface area (Å²) in [5.74, 6) is 4.96. The minimum Gasteiger partial charge on any atom is -0.383 e. The lowest BCUT2D eigenvalue weighted by molar-refractivity contribution is -0.118. The molecule has 4 fully saturated rings. The molecule has 4 aliphatic rings. The highest BCUT2D eigenvalue weighted by molar-refractivity contribution is 6.03. The fraction of sp³-hybridized carbons (Fsp3) is 0.261. The van der Waals surface area contributed by atoms with Crippen molar-refractivity contribution in [1.29, 1.82) is 0 Å². The lowest BCUT2D eigenvalue weighted by Gasteiger charge is -2.10. The molecule has 32 heteroatoms. The van der Waals surface area contributed by atoms with Gasteiger partial charge in [0.25, 0.3) is 0 Å². The van der Waals surface area contributed by atoms with Crippen LogP contribution in [0.3, 0.4) is 0 Å². The molecule has 16 aromatic heterocycles. The summed E-state index contributed by atoms with van der Waals surface area (Å²) in [6.45, 7) is 16.4. The Morgan fingerprint density at radius 2 is 0.516 bits per heavy atom. The topological polar surface area (TPSA) is 446 Å². The van der Waals surface area contributed by atoms with Crippen LogP contribution in [0.5, 0.6) is 0 Å². The van der Waals surface area contributed by atoms with Gasteiger partial charge in [-0.3, -0.25) is 57.8 Å². The molecule has 16 heterocycles. The molecule has 4 amide bonds. The number of carbonyl (C=O) groups excluding carboxylic acids is 4. The summed E-state index contributed by atoms with van der Waals surface area (Å²) >= 11 is 0. The van der Waals surface area contributed by atoms with Gasteiger partial charge in [-0.25, -0.2) is 39.9 Å². The van der Waals surface area contributed by atoms with Crippen LogP contribution in [0.1, 0.15) is 95.9 Å². The molecular weight excluding hydrogens is 1560 g/mol. The van der Waals surface area contributed by atoms with Gasteiger partial charge < -0.3 is 44.2 Å². The quantitative estimate of drug-likeness (QED) is 0.0445. The zero-order valence-corrected chi connectivity index (χ0v) is 70.3. The Bertz CT molecular complexity index is 6060. The zero-order valence-electron chi connectivity index (χ0n) is 70.3. The lowest BCUT2D eigenvalue weighted by Crippen LogP contribution is -2.16. The van der Waals surface area contributed by atoms with E-state index in [1.165, 1.54) is 0 Å². The summed E-state index contributed by atoms with van der Waals surface area (Å²) in [6.07, 6.45) is 35.9. The van der Waals surface area contributed by atoms with Gasteiger partial charge in [0.2, 0.25) is 23.6 Å². The highest BCUT2D eigenvalue weighted by Crippen LogP contribution is 2.57. The van der Waals surface area contributed by atoms with Crippen molar-refractivity contribution in [3.8, 4) is 45.0 Å². The van der Waals surface area contributed by atoms with Gasteiger partial charge in [0, 0.05) is 218 Å². The molecule has 0 spiro atoms. The minimum absolute atomic E-state index is 0.0291. The van der Waals surface area contributed by atoms with E-state index in [0.717, 1.165) is 133 Å². The van der Waals surface area contributed by atoms with Crippen molar-refractivity contribution in [3.63, 3.8) is 0 Å². The smallest absolute Gasteiger partial charge is 0.229 e. The third-order valence-corrected chi connectivity index (χ3v) is 24.4. The molecule has 12 N–H and O–H groups in total. The number of nitrogens with two attached hydrogens (primary N) is 4. The Labute approximate surface area is 712 Å². The normalized spacial score (nSPS) is 20.0. The van der Waals surface area contributed by atoms with Crippen molar-refractivity contribution < 1.29 is 19.2 Å². The van der Waals surface area contributed by atoms with Crippen molar-refractivity contribution >= 4 is 113 Å². The van der Waals surface area contributed by atoms with Crippen LogP contribution in [0.2, 0.25) is 0 Å². The Morgan fingerprint density at radius 3 is 0.702 bits per heavy atom. The van der Waals surface area contributed by atoms with Gasteiger partial charge in [0.05, 0.1) is 47.6 Å². The Kier molecular flexibility index (Phi) is 21.6. The SMILES string of the molecule is Cc1ccncc1-c1cc2cc(NC(=O)[C@@H]3[C@@H](C)[C@H]3c3cnn(C)c3)ncc2c(N)n1.Cc1ccncc1-c1cc2cc(NC(=O)[C@@H]3[C@H](C)[C@H]3c3cnn(C)c3)ncc2c(N)n1.Cc1ccncc1-c1cc2cc(NC(=O)[C@H]3[C@@H](C)[C@@H]3c3cnn(C)c3)ncc2c(N)n1.Cc1ccncc1-c1cc2cc(NC(=O)[C@H]3[C@H](C)[C@@H]3c3cnn(C)c3)ncc2c(N)n1. The summed E-state index contributed by atoms with van der Waals surface area (Å²) in [5, 5.41) is 35.2. The molecule has 0 unspecified atom stereocenters. The van der Waals surface area contributed by atoms with Crippen LogP contribution in [-0.4, -0.2) is 123 Å². The van der Waals surface area contributed by atoms with Crippen LogP contribution in [0.15, 0.2) is 197 Å². The second-order valence-electron chi connectivity index (χ2n) is 32.9. The van der Waals surface area contributed by atoms with E-state index in [-0.39, 0.29) is 94.6 Å². The molecule has 16 aromatic rings. The third kappa shape index (κ3) is 16.5. The monoisotopic (exact) mass is 1650 g/mol. The predicted molar refractivity (Wildman–Crippen MR) is 477 cm³/mol. The van der Waals surface area contributed by atoms with Gasteiger partial charge >= 0.3 is 0 Å². The molecule has 0 bridgehead atoms. The maximum Gasteiger partial charge on any atom is 0.229 e. The van der Waals surface area contributed by atoms with Crippen LogP contribution in [0.4, 0.5) is 46.5 Å². The molecule has 20 rings (SSSR count). The number of fused-ring (bicyclic) bond motifs is 4. The average Bonchev–Trinajstić information content (AvgIpc) is 1.57. The first kappa shape index (κ1) is 81.1. The van der Waals surface area contributed by atoms with E-state index < -0.39 is 0 Å². The summed E-state index contributed by atoms with van der Waals surface area (Å²) in [5.41, 5.74) is 40.0. The highest BCUT2D eigenvalue weighted by Gasteiger charge is 2.56. The number of anilines is 8. The molecule has 32 nitrogen and oxygen atoms in total. The molecule has 0 aromatic carbocycles. The average molecular weight is 1650 g/mol. The van der Waals surface area contributed by atoms with E-state index >= 15 is 0 Å². The summed E-state index contributed by atoms with van der Waals surface area (Å²) in [6, 6.07) is 22.9. The van der Waals surface area contributed by atoms with Crippen LogP contribution >= 0.6 is 0 Å². The molecule has 0 aliphatic heterocycles. The second kappa shape index (κ2) is 33.1. The van der Waals surface area contributed by atoms with Crippen molar-refractivity contribution in [1.82, 2.24) is 98.9 Å². The summed E-state index contributed by atoms with van der Waals surface area (Å²) < 4.78 is 7.06. The third-order valence-electron chi connectivity index (χ3n) is 24.4. The van der Waals surface area contributed by atoms with Gasteiger partial charge in [-0.05, 0) is 190 Å². The lowest BCUT2D eigenvalue weighted by atomic mass is 10.1. The molecule has 0 radical (unpaired) electrons. The van der Waals surface area contributed by atoms with Crippen molar-refractivity contribution in [2.75, 3.05) is 44.2 Å². The standard InChI is InChI=1S/4C23H23N7O/c4*1-12-4-5-25-9-16(12)18-6-14-7-19(26-10-17(14)22(24)28-18)29-23(31)21-13(2)20(21)15-8-27-30(3)11-15/h4*4-11,13,20-21H,1-3H3,(H2,24,28)(H,26,29,31)/t2*13-,20+,21-;2*13-,20-,21+/m1010/s1. The molecule has 0 saturated heterocycles. The number of nitrogens with one attached hydrogen (secondary N) is 4. The molecule has 4 aliphatic carbocycles. The summed E-state index contributed by atoms with van der Waals surface area (Å²) in [7, 11) is 7.53. The Morgan fingerprint density at radius 1 is 0.306 bits per heavy atom. The fourth-order valence-corrected chi connectivity index (χ4v) is 17.2. The van der Waals surface area contributed by atoms with E-state index in [4.69, 9.17) is 22.9 Å². The van der Waals surface area contributed by atoms with Crippen LogP contribution in [0, 0.1) is 75.0 Å². The number of hydrogen-bond donors (Lipinski definition) is 8. The number of aryl methyl sites for hydroxylation is 8. The first-order valence-corrected chi connectivity index (χ1v) is 40.8. The zero-order chi connectivity index (χ0) is 86.8. The van der Waals surface area contributed by atoms with Crippen molar-refractivity contribution in [3.05, 3.63) is 241 Å². The first-order valence-electron chi connectivity index (χ1n) is 40.8.